The Balaban J connectivity index is 1.12. The third kappa shape index (κ3) is 6.61. The number of benzene rings is 10. The van der Waals surface area contributed by atoms with Crippen molar-refractivity contribution in [2.45, 2.75) is 0 Å². The van der Waals surface area contributed by atoms with Gasteiger partial charge in [0.2, 0.25) is 0 Å². The molecule has 10 aromatic carbocycles. The van der Waals surface area contributed by atoms with E-state index in [0.717, 1.165) is 22.3 Å². The second-order valence-electron chi connectivity index (χ2n) is 16.5. The lowest BCUT2D eigenvalue weighted by Crippen LogP contribution is -1.94. The number of hydrogen-bond donors (Lipinski definition) is 0. The van der Waals surface area contributed by atoms with Crippen LogP contribution in [0.5, 0.6) is 0 Å². The summed E-state index contributed by atoms with van der Waals surface area (Å²) < 4.78 is 0. The molecular weight excluding hydrogens is 773 g/mol. The Hall–Kier alpha value is -8.46. The molecule has 2 heteroatoms. The Bertz CT molecular complexity index is 3090. The topological polar surface area (TPSA) is 25.8 Å². The molecule has 0 aliphatic rings. The minimum atomic E-state index is 1.11. The number of hydrogen-bond acceptors (Lipinski definition) is 2. The summed E-state index contributed by atoms with van der Waals surface area (Å²) in [5.74, 6) is 0. The van der Waals surface area contributed by atoms with Gasteiger partial charge in [0.15, 0.2) is 0 Å². The molecular formula is C62H40N2. The van der Waals surface area contributed by atoms with Crippen LogP contribution in [-0.2, 0) is 0 Å². The van der Waals surface area contributed by atoms with E-state index in [1.54, 1.807) is 0 Å². The lowest BCUT2D eigenvalue weighted by Gasteiger charge is -2.22. The molecule has 0 bridgehead atoms. The van der Waals surface area contributed by atoms with Crippen LogP contribution in [0.15, 0.2) is 243 Å². The predicted molar refractivity (Wildman–Crippen MR) is 269 cm³/mol. The fraction of sp³-hybridized carbons (Fsp3) is 0. The number of pyridine rings is 2. The fourth-order valence-electron chi connectivity index (χ4n) is 9.65. The summed E-state index contributed by atoms with van der Waals surface area (Å²) in [6, 6.07) is 79.9. The largest absolute Gasteiger partial charge is 0.264 e. The van der Waals surface area contributed by atoms with Crippen LogP contribution < -0.4 is 0 Å². The summed E-state index contributed by atoms with van der Waals surface area (Å²) in [7, 11) is 0. The zero-order valence-electron chi connectivity index (χ0n) is 35.0. The maximum atomic E-state index is 4.39. The summed E-state index contributed by atoms with van der Waals surface area (Å²) in [4.78, 5) is 8.78. The highest BCUT2D eigenvalue weighted by molar-refractivity contribution is 6.32. The number of nitrogens with zero attached hydrogens (tertiary/aromatic N) is 2. The van der Waals surface area contributed by atoms with Gasteiger partial charge in [0.1, 0.15) is 0 Å². The zero-order valence-corrected chi connectivity index (χ0v) is 35.0. The molecule has 64 heavy (non-hydrogen) atoms. The first kappa shape index (κ1) is 37.3. The van der Waals surface area contributed by atoms with Gasteiger partial charge in [-0.05, 0) is 146 Å². The van der Waals surface area contributed by atoms with Crippen molar-refractivity contribution in [2.75, 3.05) is 0 Å². The van der Waals surface area contributed by atoms with Crippen molar-refractivity contribution >= 4 is 32.3 Å². The van der Waals surface area contributed by atoms with Crippen LogP contribution >= 0.6 is 0 Å². The number of rotatable bonds is 8. The third-order valence-electron chi connectivity index (χ3n) is 12.9. The average Bonchev–Trinajstić information content (AvgIpc) is 3.39. The Morgan fingerprint density at radius 1 is 0.203 bits per heavy atom. The molecule has 2 heterocycles. The highest BCUT2D eigenvalue weighted by atomic mass is 14.6. The van der Waals surface area contributed by atoms with Crippen molar-refractivity contribution in [3.05, 3.63) is 243 Å². The van der Waals surface area contributed by atoms with E-state index in [4.69, 9.17) is 0 Å². The van der Waals surface area contributed by atoms with E-state index < -0.39 is 0 Å². The van der Waals surface area contributed by atoms with Crippen LogP contribution in [0.4, 0.5) is 0 Å². The van der Waals surface area contributed by atoms with Gasteiger partial charge in [-0.1, -0.05) is 194 Å². The third-order valence-corrected chi connectivity index (χ3v) is 12.9. The molecule has 0 N–H and O–H groups in total. The van der Waals surface area contributed by atoms with Gasteiger partial charge in [0, 0.05) is 24.8 Å². The lowest BCUT2D eigenvalue weighted by atomic mass is 9.81. The average molecular weight is 813 g/mol. The molecule has 12 rings (SSSR count). The molecule has 0 atom stereocenters. The van der Waals surface area contributed by atoms with Crippen molar-refractivity contribution in [3.8, 4) is 89.0 Å². The summed E-state index contributed by atoms with van der Waals surface area (Å²) in [6.07, 6.45) is 7.51. The second kappa shape index (κ2) is 15.8. The summed E-state index contributed by atoms with van der Waals surface area (Å²) in [5.41, 5.74) is 18.9. The SMILES string of the molecule is c1ccc(-c2ccc(-c3cc(-c4ccc(-c5cccnc5)cc4)c4ccc5c(-c6ccc(-c7ccccc7)cc6)cc(-c6ccc(-c7cccnc7)cc6)c6ccc3c4c56)cc2)cc1. The Labute approximate surface area is 372 Å². The lowest BCUT2D eigenvalue weighted by molar-refractivity contribution is 1.33. The van der Waals surface area contributed by atoms with E-state index in [1.165, 1.54) is 99.1 Å². The fourth-order valence-corrected chi connectivity index (χ4v) is 9.65. The molecule has 0 aliphatic carbocycles. The van der Waals surface area contributed by atoms with E-state index in [9.17, 15) is 0 Å². The summed E-state index contributed by atoms with van der Waals surface area (Å²) in [5, 5.41) is 7.52. The van der Waals surface area contributed by atoms with E-state index >= 15 is 0 Å². The molecule has 12 aromatic rings. The Kier molecular flexibility index (Phi) is 9.20. The first-order valence-corrected chi connectivity index (χ1v) is 21.9. The van der Waals surface area contributed by atoms with Gasteiger partial charge in [0.25, 0.3) is 0 Å². The molecule has 0 spiro atoms. The minimum absolute atomic E-state index is 1.11. The monoisotopic (exact) mass is 812 g/mol. The van der Waals surface area contributed by atoms with Crippen LogP contribution in [0.3, 0.4) is 0 Å². The molecule has 0 saturated carbocycles. The van der Waals surface area contributed by atoms with Crippen LogP contribution in [0.1, 0.15) is 0 Å². The molecule has 2 aromatic heterocycles. The first-order chi connectivity index (χ1) is 31.7. The molecule has 0 radical (unpaired) electrons. The summed E-state index contributed by atoms with van der Waals surface area (Å²) in [6.45, 7) is 0. The van der Waals surface area contributed by atoms with Crippen molar-refractivity contribution < 1.29 is 0 Å². The maximum absolute atomic E-state index is 4.39. The molecule has 0 saturated heterocycles. The Morgan fingerprint density at radius 3 is 0.734 bits per heavy atom. The van der Waals surface area contributed by atoms with E-state index in [1.807, 2.05) is 36.9 Å². The summed E-state index contributed by atoms with van der Waals surface area (Å²) >= 11 is 0. The quantitative estimate of drug-likeness (QED) is 0.143. The van der Waals surface area contributed by atoms with Crippen molar-refractivity contribution in [3.63, 3.8) is 0 Å². The van der Waals surface area contributed by atoms with E-state index in [0.29, 0.717) is 0 Å². The van der Waals surface area contributed by atoms with Gasteiger partial charge in [-0.15, -0.1) is 0 Å². The van der Waals surface area contributed by atoms with E-state index in [2.05, 4.69) is 216 Å². The zero-order chi connectivity index (χ0) is 42.4. The molecule has 0 fully saturated rings. The highest BCUT2D eigenvalue weighted by Gasteiger charge is 2.21. The minimum Gasteiger partial charge on any atom is -0.264 e. The molecule has 0 unspecified atom stereocenters. The van der Waals surface area contributed by atoms with Crippen LogP contribution in [0, 0.1) is 0 Å². The second-order valence-corrected chi connectivity index (χ2v) is 16.5. The van der Waals surface area contributed by atoms with Gasteiger partial charge in [-0.25, -0.2) is 0 Å². The standard InChI is InChI=1S/C62H40N2/c1-3-9-41(10-4-1)43-15-23-47(24-16-43)57-37-59(49-27-19-45(20-28-49)51-13-7-35-63-39-51)55-34-32-54-58(48-25-17-44(18-26-48)42-11-5-2-6-12-42)38-60(56-33-31-53(57)61(55)62(54)56)50-29-21-46(22-30-50)52-14-8-36-64-40-52/h1-40H. The normalized spacial score (nSPS) is 11.4. The van der Waals surface area contributed by atoms with Gasteiger partial charge in [-0.2, -0.15) is 0 Å². The predicted octanol–water partition coefficient (Wildman–Crippen LogP) is 16.7. The van der Waals surface area contributed by atoms with Gasteiger partial charge in [0.05, 0.1) is 0 Å². The van der Waals surface area contributed by atoms with Gasteiger partial charge >= 0.3 is 0 Å². The van der Waals surface area contributed by atoms with Crippen LogP contribution in [0.25, 0.3) is 121 Å². The van der Waals surface area contributed by atoms with Gasteiger partial charge in [-0.3, -0.25) is 9.97 Å². The van der Waals surface area contributed by atoms with Crippen LogP contribution in [-0.4, -0.2) is 9.97 Å². The van der Waals surface area contributed by atoms with Crippen molar-refractivity contribution in [1.82, 2.24) is 9.97 Å². The van der Waals surface area contributed by atoms with Gasteiger partial charge < -0.3 is 0 Å². The highest BCUT2D eigenvalue weighted by Crippen LogP contribution is 2.49. The first-order valence-electron chi connectivity index (χ1n) is 21.9. The van der Waals surface area contributed by atoms with Crippen LogP contribution in [0.2, 0.25) is 0 Å². The number of aromatic nitrogens is 2. The maximum Gasteiger partial charge on any atom is 0.0346 e. The van der Waals surface area contributed by atoms with E-state index in [-0.39, 0.29) is 0 Å². The molecule has 298 valence electrons. The van der Waals surface area contributed by atoms with Crippen molar-refractivity contribution in [1.29, 1.82) is 0 Å². The molecule has 0 amide bonds. The van der Waals surface area contributed by atoms with Crippen molar-refractivity contribution in [2.24, 2.45) is 0 Å². The molecule has 0 aliphatic heterocycles. The molecule has 2 nitrogen and oxygen atoms in total. The smallest absolute Gasteiger partial charge is 0.0346 e. The Morgan fingerprint density at radius 2 is 0.453 bits per heavy atom.